The van der Waals surface area contributed by atoms with Gasteiger partial charge in [0.25, 0.3) is 0 Å². The van der Waals surface area contributed by atoms with Gasteiger partial charge in [-0.25, -0.2) is 0 Å². The van der Waals surface area contributed by atoms with Crippen molar-refractivity contribution in [3.63, 3.8) is 0 Å². The van der Waals surface area contributed by atoms with E-state index in [1.54, 1.807) is 6.07 Å². The van der Waals surface area contributed by atoms with Crippen molar-refractivity contribution in [2.24, 2.45) is 5.92 Å². The van der Waals surface area contributed by atoms with Gasteiger partial charge in [0.05, 0.1) is 6.42 Å². The molecular formula is C18H25ClN2O2. The molecule has 1 fully saturated rings. The van der Waals surface area contributed by atoms with Crippen molar-refractivity contribution in [3.05, 3.63) is 34.9 Å². The fraction of sp³-hybridized carbons (Fsp3) is 0.556. The molecule has 0 aromatic heterocycles. The van der Waals surface area contributed by atoms with Crippen molar-refractivity contribution >= 4 is 23.4 Å². The van der Waals surface area contributed by atoms with Crippen LogP contribution in [-0.4, -0.2) is 35.8 Å². The molecule has 0 spiro atoms. The van der Waals surface area contributed by atoms with Gasteiger partial charge in [0.15, 0.2) is 0 Å². The quantitative estimate of drug-likeness (QED) is 0.898. The molecule has 126 valence electrons. The molecule has 1 N–H and O–H groups in total. The summed E-state index contributed by atoms with van der Waals surface area (Å²) in [6.45, 7) is 5.57. The Hall–Kier alpha value is -1.55. The third-order valence-electron chi connectivity index (χ3n) is 4.05. The maximum absolute atomic E-state index is 12.1. The fourth-order valence-corrected chi connectivity index (χ4v) is 3.08. The van der Waals surface area contributed by atoms with Crippen LogP contribution in [0.15, 0.2) is 24.3 Å². The van der Waals surface area contributed by atoms with Gasteiger partial charge in [-0.15, -0.1) is 0 Å². The summed E-state index contributed by atoms with van der Waals surface area (Å²) in [5.74, 6) is 0.626. The van der Waals surface area contributed by atoms with E-state index in [2.05, 4.69) is 19.2 Å². The van der Waals surface area contributed by atoms with E-state index in [-0.39, 0.29) is 17.9 Å². The number of rotatable bonds is 5. The molecule has 0 radical (unpaired) electrons. The highest BCUT2D eigenvalue weighted by atomic mass is 35.5. The largest absolute Gasteiger partial charge is 0.353 e. The molecule has 0 saturated carbocycles. The lowest BCUT2D eigenvalue weighted by Gasteiger charge is -2.33. The monoisotopic (exact) mass is 336 g/mol. The lowest BCUT2D eigenvalue weighted by Crippen LogP contribution is -2.47. The number of likely N-dealkylation sites (tertiary alicyclic amines) is 1. The van der Waals surface area contributed by atoms with Crippen LogP contribution >= 0.6 is 11.6 Å². The average Bonchev–Trinajstić information content (AvgIpc) is 2.47. The second-order valence-electron chi connectivity index (χ2n) is 6.63. The van der Waals surface area contributed by atoms with Gasteiger partial charge in [-0.2, -0.15) is 0 Å². The maximum atomic E-state index is 12.1. The predicted molar refractivity (Wildman–Crippen MR) is 92.4 cm³/mol. The number of benzene rings is 1. The number of halogens is 1. The smallest absolute Gasteiger partial charge is 0.224 e. The lowest BCUT2D eigenvalue weighted by molar-refractivity contribution is -0.133. The van der Waals surface area contributed by atoms with Crippen LogP contribution in [0.3, 0.4) is 0 Å². The minimum absolute atomic E-state index is 0.0132. The third kappa shape index (κ3) is 5.87. The summed E-state index contributed by atoms with van der Waals surface area (Å²) in [6, 6.07) is 7.52. The van der Waals surface area contributed by atoms with Gasteiger partial charge < -0.3 is 10.2 Å². The van der Waals surface area contributed by atoms with Crippen molar-refractivity contribution in [1.29, 1.82) is 0 Å². The molecule has 0 aliphatic carbocycles. The van der Waals surface area contributed by atoms with Crippen LogP contribution in [0.2, 0.25) is 5.02 Å². The predicted octanol–water partition coefficient (Wildman–Crippen LogP) is 3.04. The van der Waals surface area contributed by atoms with E-state index in [1.807, 2.05) is 23.1 Å². The summed E-state index contributed by atoms with van der Waals surface area (Å²) in [4.78, 5) is 26.1. The van der Waals surface area contributed by atoms with Gasteiger partial charge in [0.2, 0.25) is 11.8 Å². The van der Waals surface area contributed by atoms with E-state index < -0.39 is 0 Å². The number of hydrogen-bond acceptors (Lipinski definition) is 2. The zero-order valence-corrected chi connectivity index (χ0v) is 14.6. The molecule has 1 aromatic carbocycles. The number of nitrogens with zero attached hydrogens (tertiary/aromatic N) is 1. The molecule has 5 heteroatoms. The van der Waals surface area contributed by atoms with Gasteiger partial charge in [-0.1, -0.05) is 37.6 Å². The Morgan fingerprint density at radius 3 is 2.61 bits per heavy atom. The first kappa shape index (κ1) is 17.8. The highest BCUT2D eigenvalue weighted by molar-refractivity contribution is 6.30. The second kappa shape index (κ2) is 8.34. The lowest BCUT2D eigenvalue weighted by atomic mass is 10.0. The molecule has 4 nitrogen and oxygen atoms in total. The van der Waals surface area contributed by atoms with Gasteiger partial charge in [-0.05, 0) is 36.5 Å². The van der Waals surface area contributed by atoms with E-state index in [0.29, 0.717) is 23.8 Å². The minimum atomic E-state index is 0.0132. The molecule has 23 heavy (non-hydrogen) atoms. The van der Waals surface area contributed by atoms with E-state index in [0.717, 1.165) is 31.5 Å². The number of piperidine rings is 1. The van der Waals surface area contributed by atoms with Crippen LogP contribution in [0.1, 0.15) is 38.7 Å². The van der Waals surface area contributed by atoms with Crippen LogP contribution in [0.25, 0.3) is 0 Å². The van der Waals surface area contributed by atoms with Gasteiger partial charge in [0.1, 0.15) is 0 Å². The van der Waals surface area contributed by atoms with Crippen molar-refractivity contribution in [1.82, 2.24) is 10.2 Å². The van der Waals surface area contributed by atoms with Crippen LogP contribution in [0, 0.1) is 5.92 Å². The van der Waals surface area contributed by atoms with Crippen LogP contribution in [0.4, 0.5) is 0 Å². The number of carbonyl (C=O) groups is 2. The normalized spacial score (nSPS) is 15.7. The Morgan fingerprint density at radius 1 is 1.30 bits per heavy atom. The first-order valence-corrected chi connectivity index (χ1v) is 8.63. The minimum Gasteiger partial charge on any atom is -0.353 e. The SMILES string of the molecule is CC(C)CC(=O)N1CCC(NC(=O)Cc2cccc(Cl)c2)CC1. The first-order chi connectivity index (χ1) is 10.9. The molecule has 2 rings (SSSR count). The standard InChI is InChI=1S/C18H25ClN2O2/c1-13(2)10-18(23)21-8-6-16(7-9-21)20-17(22)12-14-4-3-5-15(19)11-14/h3-5,11,13,16H,6-10,12H2,1-2H3,(H,20,22). The van der Waals surface area contributed by atoms with Crippen LogP contribution in [-0.2, 0) is 16.0 Å². The van der Waals surface area contributed by atoms with Gasteiger partial charge in [-0.3, -0.25) is 9.59 Å². The highest BCUT2D eigenvalue weighted by Crippen LogP contribution is 2.15. The summed E-state index contributed by atoms with van der Waals surface area (Å²) >= 11 is 5.93. The summed E-state index contributed by atoms with van der Waals surface area (Å²) < 4.78 is 0. The molecule has 1 aliphatic heterocycles. The van der Waals surface area contributed by atoms with Crippen molar-refractivity contribution in [2.45, 2.75) is 45.6 Å². The molecule has 0 bridgehead atoms. The Bertz CT molecular complexity index is 552. The van der Waals surface area contributed by atoms with E-state index in [9.17, 15) is 9.59 Å². The molecule has 1 aliphatic rings. The Balaban J connectivity index is 1.75. The van der Waals surface area contributed by atoms with Crippen molar-refractivity contribution < 1.29 is 9.59 Å². The molecular weight excluding hydrogens is 312 g/mol. The number of nitrogens with one attached hydrogen (secondary N) is 1. The average molecular weight is 337 g/mol. The van der Waals surface area contributed by atoms with Crippen LogP contribution in [0.5, 0.6) is 0 Å². The highest BCUT2D eigenvalue weighted by Gasteiger charge is 2.24. The molecule has 1 saturated heterocycles. The molecule has 2 amide bonds. The molecule has 1 heterocycles. The Morgan fingerprint density at radius 2 is 2.00 bits per heavy atom. The topological polar surface area (TPSA) is 49.4 Å². The van der Waals surface area contributed by atoms with Crippen molar-refractivity contribution in [3.8, 4) is 0 Å². The zero-order valence-electron chi connectivity index (χ0n) is 13.8. The number of hydrogen-bond donors (Lipinski definition) is 1. The summed E-state index contributed by atoms with van der Waals surface area (Å²) in [6.07, 6.45) is 2.59. The van der Waals surface area contributed by atoms with E-state index in [4.69, 9.17) is 11.6 Å². The molecule has 0 atom stereocenters. The summed E-state index contributed by atoms with van der Waals surface area (Å²) in [5, 5.41) is 3.71. The summed E-state index contributed by atoms with van der Waals surface area (Å²) in [5.41, 5.74) is 0.916. The maximum Gasteiger partial charge on any atom is 0.224 e. The summed E-state index contributed by atoms with van der Waals surface area (Å²) in [7, 11) is 0. The molecule has 1 aromatic rings. The second-order valence-corrected chi connectivity index (χ2v) is 7.06. The zero-order chi connectivity index (χ0) is 16.8. The number of carbonyl (C=O) groups excluding carboxylic acids is 2. The third-order valence-corrected chi connectivity index (χ3v) is 4.28. The number of amides is 2. The van der Waals surface area contributed by atoms with E-state index >= 15 is 0 Å². The van der Waals surface area contributed by atoms with Gasteiger partial charge >= 0.3 is 0 Å². The van der Waals surface area contributed by atoms with Crippen molar-refractivity contribution in [2.75, 3.05) is 13.1 Å². The molecule has 0 unspecified atom stereocenters. The fourth-order valence-electron chi connectivity index (χ4n) is 2.86. The Kier molecular flexibility index (Phi) is 6.46. The Labute approximate surface area is 143 Å². The first-order valence-electron chi connectivity index (χ1n) is 8.25. The van der Waals surface area contributed by atoms with Crippen LogP contribution < -0.4 is 5.32 Å². The van der Waals surface area contributed by atoms with E-state index in [1.165, 1.54) is 0 Å². The van der Waals surface area contributed by atoms with Gasteiger partial charge in [0, 0.05) is 30.6 Å².